The number of carbonyl (C=O) groups excluding carboxylic acids is 1. The maximum absolute atomic E-state index is 11.7. The lowest BCUT2D eigenvalue weighted by molar-refractivity contribution is -0.385. The average Bonchev–Trinajstić information content (AvgIpc) is 2.84. The van der Waals surface area contributed by atoms with Gasteiger partial charge in [0.2, 0.25) is 0 Å². The molecule has 0 aliphatic heterocycles. The van der Waals surface area contributed by atoms with E-state index in [2.05, 4.69) is 20.8 Å². The highest BCUT2D eigenvalue weighted by Crippen LogP contribution is 2.25. The van der Waals surface area contributed by atoms with Gasteiger partial charge in [0.05, 0.1) is 28.1 Å². The normalized spacial score (nSPS) is 9.95. The average molecular weight is 261 g/mol. The number of nitro benzene ring substituents is 1. The van der Waals surface area contributed by atoms with Crippen LogP contribution in [0.15, 0.2) is 30.6 Å². The van der Waals surface area contributed by atoms with Crippen LogP contribution in [-0.2, 0) is 0 Å². The van der Waals surface area contributed by atoms with Crippen molar-refractivity contribution in [3.8, 4) is 0 Å². The lowest BCUT2D eigenvalue weighted by Gasteiger charge is -2.08. The Bertz CT molecular complexity index is 609. The zero-order valence-corrected chi connectivity index (χ0v) is 10.0. The number of aromatic nitrogens is 2. The molecule has 0 spiro atoms. The predicted octanol–water partition coefficient (Wildman–Crippen LogP) is 2.27. The Morgan fingerprint density at radius 1 is 1.42 bits per heavy atom. The first-order valence-corrected chi connectivity index (χ1v) is 5.38. The molecule has 0 fully saturated rings. The van der Waals surface area contributed by atoms with E-state index in [1.165, 1.54) is 24.5 Å². The molecular formula is C11H11N5O3. The molecule has 1 aromatic carbocycles. The van der Waals surface area contributed by atoms with Crippen LogP contribution in [0, 0.1) is 17.0 Å². The molecule has 0 saturated carbocycles. The minimum atomic E-state index is -0.495. The summed E-state index contributed by atoms with van der Waals surface area (Å²) in [5.41, 5.74) is 1.24. The summed E-state index contributed by atoms with van der Waals surface area (Å²) in [6.45, 7) is 1.57. The summed E-state index contributed by atoms with van der Waals surface area (Å²) >= 11 is 0. The molecule has 98 valence electrons. The van der Waals surface area contributed by atoms with E-state index < -0.39 is 11.0 Å². The van der Waals surface area contributed by atoms with Gasteiger partial charge in [-0.3, -0.25) is 15.2 Å². The molecule has 8 heteroatoms. The molecule has 1 heterocycles. The summed E-state index contributed by atoms with van der Waals surface area (Å²) in [7, 11) is 0. The van der Waals surface area contributed by atoms with Gasteiger partial charge < -0.3 is 10.6 Å². The SMILES string of the molecule is Cc1c(NC(=O)Nc2cn[nH]c2)cccc1[N+](=O)[O-]. The molecule has 2 rings (SSSR count). The van der Waals surface area contributed by atoms with E-state index in [-0.39, 0.29) is 5.69 Å². The summed E-state index contributed by atoms with van der Waals surface area (Å²) in [4.78, 5) is 22.0. The van der Waals surface area contributed by atoms with E-state index >= 15 is 0 Å². The molecule has 0 unspecified atom stereocenters. The minimum absolute atomic E-state index is 0.0406. The second-order valence-corrected chi connectivity index (χ2v) is 3.77. The van der Waals surface area contributed by atoms with E-state index in [0.29, 0.717) is 16.9 Å². The highest BCUT2D eigenvalue weighted by molar-refractivity contribution is 6.00. The number of carbonyl (C=O) groups is 1. The van der Waals surface area contributed by atoms with Gasteiger partial charge in [0.15, 0.2) is 0 Å². The van der Waals surface area contributed by atoms with Crippen molar-refractivity contribution >= 4 is 23.1 Å². The highest BCUT2D eigenvalue weighted by Gasteiger charge is 2.14. The largest absolute Gasteiger partial charge is 0.323 e. The number of aromatic amines is 1. The Kier molecular flexibility index (Phi) is 3.42. The van der Waals surface area contributed by atoms with Gasteiger partial charge in [0.1, 0.15) is 0 Å². The number of hydrogen-bond acceptors (Lipinski definition) is 4. The van der Waals surface area contributed by atoms with E-state index in [4.69, 9.17) is 0 Å². The first kappa shape index (κ1) is 12.6. The first-order chi connectivity index (χ1) is 9.08. The van der Waals surface area contributed by atoms with Crippen LogP contribution in [0.4, 0.5) is 21.9 Å². The predicted molar refractivity (Wildman–Crippen MR) is 69.1 cm³/mol. The van der Waals surface area contributed by atoms with E-state index in [0.717, 1.165) is 0 Å². The molecule has 0 atom stereocenters. The summed E-state index contributed by atoms with van der Waals surface area (Å²) < 4.78 is 0. The number of amides is 2. The third-order valence-electron chi connectivity index (χ3n) is 2.51. The zero-order valence-electron chi connectivity index (χ0n) is 10.0. The van der Waals surface area contributed by atoms with Gasteiger partial charge in [-0.1, -0.05) is 6.07 Å². The monoisotopic (exact) mass is 261 g/mol. The van der Waals surface area contributed by atoms with Crippen molar-refractivity contribution in [3.63, 3.8) is 0 Å². The van der Waals surface area contributed by atoms with Crippen molar-refractivity contribution in [2.45, 2.75) is 6.92 Å². The van der Waals surface area contributed by atoms with Crippen LogP contribution in [0.3, 0.4) is 0 Å². The lowest BCUT2D eigenvalue weighted by atomic mass is 10.1. The third-order valence-corrected chi connectivity index (χ3v) is 2.51. The van der Waals surface area contributed by atoms with Gasteiger partial charge in [0.25, 0.3) is 5.69 Å². The Balaban J connectivity index is 2.13. The van der Waals surface area contributed by atoms with Crippen LogP contribution >= 0.6 is 0 Å². The molecule has 0 aliphatic carbocycles. The number of urea groups is 1. The van der Waals surface area contributed by atoms with Gasteiger partial charge in [-0.25, -0.2) is 4.79 Å². The van der Waals surface area contributed by atoms with Crippen molar-refractivity contribution in [2.24, 2.45) is 0 Å². The molecule has 0 bridgehead atoms. The van der Waals surface area contributed by atoms with Gasteiger partial charge in [-0.05, 0) is 13.0 Å². The number of H-pyrrole nitrogens is 1. The highest BCUT2D eigenvalue weighted by atomic mass is 16.6. The van der Waals surface area contributed by atoms with Crippen molar-refractivity contribution in [1.29, 1.82) is 0 Å². The summed E-state index contributed by atoms with van der Waals surface area (Å²) in [6, 6.07) is 4.00. The lowest BCUT2D eigenvalue weighted by Crippen LogP contribution is -2.19. The molecule has 3 N–H and O–H groups in total. The Labute approximate surface area is 108 Å². The molecule has 1 aromatic heterocycles. The fourth-order valence-electron chi connectivity index (χ4n) is 1.56. The van der Waals surface area contributed by atoms with Crippen LogP contribution in [0.25, 0.3) is 0 Å². The molecule has 2 amide bonds. The summed E-state index contributed by atoms with van der Waals surface area (Å²) in [5.74, 6) is 0. The van der Waals surface area contributed by atoms with Crippen LogP contribution < -0.4 is 10.6 Å². The van der Waals surface area contributed by atoms with E-state index in [1.807, 2.05) is 0 Å². The maximum Gasteiger partial charge on any atom is 0.323 e. The minimum Gasteiger partial charge on any atom is -0.307 e. The van der Waals surface area contributed by atoms with Crippen LogP contribution in [0.1, 0.15) is 5.56 Å². The van der Waals surface area contributed by atoms with E-state index in [9.17, 15) is 14.9 Å². The summed E-state index contributed by atoms with van der Waals surface area (Å²) in [5, 5.41) is 22.1. The maximum atomic E-state index is 11.7. The quantitative estimate of drug-likeness (QED) is 0.580. The van der Waals surface area contributed by atoms with Crippen molar-refractivity contribution in [1.82, 2.24) is 10.2 Å². The van der Waals surface area contributed by atoms with Gasteiger partial charge in [-0.15, -0.1) is 0 Å². The zero-order chi connectivity index (χ0) is 13.8. The third kappa shape index (κ3) is 2.86. The van der Waals surface area contributed by atoms with Crippen molar-refractivity contribution in [2.75, 3.05) is 10.6 Å². The second-order valence-electron chi connectivity index (χ2n) is 3.77. The topological polar surface area (TPSA) is 113 Å². The van der Waals surface area contributed by atoms with Crippen molar-refractivity contribution in [3.05, 3.63) is 46.3 Å². The Morgan fingerprint density at radius 2 is 2.21 bits per heavy atom. The van der Waals surface area contributed by atoms with Crippen LogP contribution in [-0.4, -0.2) is 21.2 Å². The molecule has 0 aliphatic rings. The molecule has 8 nitrogen and oxygen atoms in total. The second kappa shape index (κ2) is 5.17. The van der Waals surface area contributed by atoms with Gasteiger partial charge >= 0.3 is 6.03 Å². The van der Waals surface area contributed by atoms with Crippen molar-refractivity contribution < 1.29 is 9.72 Å². The van der Waals surface area contributed by atoms with Gasteiger partial charge in [0, 0.05) is 12.3 Å². The van der Waals surface area contributed by atoms with E-state index in [1.54, 1.807) is 13.0 Å². The number of nitrogens with zero attached hydrogens (tertiary/aromatic N) is 2. The molecule has 19 heavy (non-hydrogen) atoms. The fraction of sp³-hybridized carbons (Fsp3) is 0.0909. The number of anilines is 2. The number of hydrogen-bond donors (Lipinski definition) is 3. The standard InChI is InChI=1S/C11H11N5O3/c1-7-9(3-2-4-10(7)16(18)19)15-11(17)14-8-5-12-13-6-8/h2-6H,1H3,(H,12,13)(H2,14,15,17). The van der Waals surface area contributed by atoms with Crippen LogP contribution in [0.5, 0.6) is 0 Å². The first-order valence-electron chi connectivity index (χ1n) is 5.38. The number of nitro groups is 1. The molecule has 0 saturated heterocycles. The summed E-state index contributed by atoms with van der Waals surface area (Å²) in [6.07, 6.45) is 2.96. The number of benzene rings is 1. The number of nitrogens with one attached hydrogen (secondary N) is 3. The molecule has 0 radical (unpaired) electrons. The molecule has 2 aromatic rings. The van der Waals surface area contributed by atoms with Crippen LogP contribution in [0.2, 0.25) is 0 Å². The smallest absolute Gasteiger partial charge is 0.307 e. The Morgan fingerprint density at radius 3 is 2.84 bits per heavy atom. The molecular weight excluding hydrogens is 250 g/mol. The van der Waals surface area contributed by atoms with Gasteiger partial charge in [-0.2, -0.15) is 5.10 Å². The Hall–Kier alpha value is -2.90. The number of rotatable bonds is 3. The fourth-order valence-corrected chi connectivity index (χ4v) is 1.56.